The van der Waals surface area contributed by atoms with Crippen LogP contribution in [0, 0.1) is 35.5 Å². The van der Waals surface area contributed by atoms with Gasteiger partial charge in [-0.05, 0) is 48.9 Å². The van der Waals surface area contributed by atoms with E-state index in [2.05, 4.69) is 34.6 Å². The van der Waals surface area contributed by atoms with Crippen LogP contribution < -0.4 is 0 Å². The molecule has 1 saturated carbocycles. The summed E-state index contributed by atoms with van der Waals surface area (Å²) < 4.78 is 0. The van der Waals surface area contributed by atoms with E-state index in [1.165, 1.54) is 25.7 Å². The van der Waals surface area contributed by atoms with Crippen molar-refractivity contribution < 1.29 is 9.90 Å². The summed E-state index contributed by atoms with van der Waals surface area (Å²) in [6.45, 7) is 11.0. The fourth-order valence-corrected chi connectivity index (χ4v) is 4.19. The van der Waals surface area contributed by atoms with Crippen molar-refractivity contribution in [2.45, 2.75) is 73.1 Å². The van der Waals surface area contributed by atoms with Gasteiger partial charge in [-0.2, -0.15) is 0 Å². The highest BCUT2D eigenvalue weighted by atomic mass is 16.4. The van der Waals surface area contributed by atoms with E-state index in [0.717, 1.165) is 30.6 Å². The van der Waals surface area contributed by atoms with E-state index in [9.17, 15) is 9.90 Å². The lowest BCUT2D eigenvalue weighted by molar-refractivity contribution is -0.145. The monoisotopic (exact) mass is 282 g/mol. The smallest absolute Gasteiger partial charge is 0.307 e. The third-order valence-corrected chi connectivity index (χ3v) is 5.51. The van der Waals surface area contributed by atoms with E-state index in [0.29, 0.717) is 5.92 Å². The predicted octanol–water partition coefficient (Wildman–Crippen LogP) is 5.22. The van der Waals surface area contributed by atoms with Gasteiger partial charge in [-0.25, -0.2) is 0 Å². The van der Waals surface area contributed by atoms with E-state index in [1.54, 1.807) is 0 Å². The summed E-state index contributed by atoms with van der Waals surface area (Å²) in [5.41, 5.74) is 0. The minimum atomic E-state index is -0.584. The average Bonchev–Trinajstić information content (AvgIpc) is 2.76. The maximum Gasteiger partial charge on any atom is 0.307 e. The molecule has 1 N–H and O–H groups in total. The van der Waals surface area contributed by atoms with E-state index in [1.807, 2.05) is 0 Å². The van der Waals surface area contributed by atoms with Gasteiger partial charge in [-0.3, -0.25) is 4.79 Å². The largest absolute Gasteiger partial charge is 0.481 e. The van der Waals surface area contributed by atoms with Gasteiger partial charge in [0.05, 0.1) is 5.92 Å². The molecule has 2 heteroatoms. The van der Waals surface area contributed by atoms with Crippen molar-refractivity contribution in [3.63, 3.8) is 0 Å². The second kappa shape index (κ2) is 8.05. The molecule has 118 valence electrons. The molecule has 1 aliphatic carbocycles. The SMILES string of the molecule is CCC(CCC1CCC(C(C(=O)O)C(C)C)C1)C(C)C. The quantitative estimate of drug-likeness (QED) is 0.662. The molecule has 1 fully saturated rings. The Balaban J connectivity index is 2.45. The molecule has 0 amide bonds. The van der Waals surface area contributed by atoms with Crippen LogP contribution in [0.2, 0.25) is 0 Å². The zero-order valence-electron chi connectivity index (χ0n) is 14.1. The first-order valence-electron chi connectivity index (χ1n) is 8.59. The molecule has 2 nitrogen and oxygen atoms in total. The number of rotatable bonds is 8. The van der Waals surface area contributed by atoms with E-state index in [4.69, 9.17) is 0 Å². The molecule has 0 aromatic rings. The molecule has 20 heavy (non-hydrogen) atoms. The number of aliphatic carboxylic acids is 1. The first kappa shape index (κ1) is 17.5. The van der Waals surface area contributed by atoms with E-state index < -0.39 is 5.97 Å². The lowest BCUT2D eigenvalue weighted by Gasteiger charge is -2.24. The van der Waals surface area contributed by atoms with Crippen LogP contribution in [0.3, 0.4) is 0 Å². The Morgan fingerprint density at radius 3 is 2.25 bits per heavy atom. The van der Waals surface area contributed by atoms with Crippen molar-refractivity contribution >= 4 is 5.97 Å². The second-order valence-electron chi connectivity index (χ2n) is 7.54. The van der Waals surface area contributed by atoms with Gasteiger partial charge in [-0.15, -0.1) is 0 Å². The van der Waals surface area contributed by atoms with Gasteiger partial charge in [-0.1, -0.05) is 53.9 Å². The van der Waals surface area contributed by atoms with Gasteiger partial charge >= 0.3 is 5.97 Å². The molecule has 0 saturated heterocycles. The van der Waals surface area contributed by atoms with Crippen molar-refractivity contribution in [3.05, 3.63) is 0 Å². The van der Waals surface area contributed by atoms with E-state index in [-0.39, 0.29) is 11.8 Å². The summed E-state index contributed by atoms with van der Waals surface area (Å²) in [6, 6.07) is 0. The van der Waals surface area contributed by atoms with Crippen LogP contribution in [-0.2, 0) is 4.79 Å². The van der Waals surface area contributed by atoms with Gasteiger partial charge < -0.3 is 5.11 Å². The molecule has 1 rings (SSSR count). The summed E-state index contributed by atoms with van der Waals surface area (Å²) in [4.78, 5) is 11.4. The lowest BCUT2D eigenvalue weighted by Crippen LogP contribution is -2.27. The number of carboxylic acids is 1. The summed E-state index contributed by atoms with van der Waals surface area (Å²) in [5, 5.41) is 9.42. The summed E-state index contributed by atoms with van der Waals surface area (Å²) in [6.07, 6.45) is 7.41. The van der Waals surface area contributed by atoms with Gasteiger partial charge in [0, 0.05) is 0 Å². The molecule has 0 aliphatic heterocycles. The van der Waals surface area contributed by atoms with Crippen molar-refractivity contribution in [2.24, 2.45) is 35.5 Å². The van der Waals surface area contributed by atoms with Gasteiger partial charge in [0.15, 0.2) is 0 Å². The Bertz CT molecular complexity index is 296. The van der Waals surface area contributed by atoms with Crippen molar-refractivity contribution in [2.75, 3.05) is 0 Å². The van der Waals surface area contributed by atoms with Crippen LogP contribution in [-0.4, -0.2) is 11.1 Å². The number of carboxylic acid groups (broad SMARTS) is 1. The minimum absolute atomic E-state index is 0.132. The zero-order chi connectivity index (χ0) is 15.3. The highest BCUT2D eigenvalue weighted by molar-refractivity contribution is 5.70. The van der Waals surface area contributed by atoms with Crippen LogP contribution >= 0.6 is 0 Å². The molecule has 1 aliphatic rings. The van der Waals surface area contributed by atoms with Gasteiger partial charge in [0.1, 0.15) is 0 Å². The molecule has 0 aromatic carbocycles. The van der Waals surface area contributed by atoms with Crippen molar-refractivity contribution in [3.8, 4) is 0 Å². The maximum atomic E-state index is 11.4. The molecule has 0 spiro atoms. The average molecular weight is 282 g/mol. The minimum Gasteiger partial charge on any atom is -0.481 e. The number of hydrogen-bond acceptors (Lipinski definition) is 1. The molecule has 0 bridgehead atoms. The summed E-state index contributed by atoms with van der Waals surface area (Å²) in [7, 11) is 0. The lowest BCUT2D eigenvalue weighted by atomic mass is 9.81. The highest BCUT2D eigenvalue weighted by Gasteiger charge is 2.36. The Hall–Kier alpha value is -0.530. The Morgan fingerprint density at radius 2 is 1.80 bits per heavy atom. The first-order chi connectivity index (χ1) is 9.36. The zero-order valence-corrected chi connectivity index (χ0v) is 14.1. The molecule has 0 radical (unpaired) electrons. The highest BCUT2D eigenvalue weighted by Crippen LogP contribution is 2.41. The Kier molecular flexibility index (Phi) is 7.05. The van der Waals surface area contributed by atoms with Crippen LogP contribution in [0.15, 0.2) is 0 Å². The number of carbonyl (C=O) groups is 1. The molecule has 0 aromatic heterocycles. The first-order valence-corrected chi connectivity index (χ1v) is 8.59. The second-order valence-corrected chi connectivity index (χ2v) is 7.54. The van der Waals surface area contributed by atoms with Gasteiger partial charge in [0.25, 0.3) is 0 Å². The van der Waals surface area contributed by atoms with Crippen LogP contribution in [0.5, 0.6) is 0 Å². The fraction of sp³-hybridized carbons (Fsp3) is 0.944. The molecule has 4 unspecified atom stereocenters. The summed E-state index contributed by atoms with van der Waals surface area (Å²) >= 11 is 0. The normalized spacial score (nSPS) is 26.1. The molecular formula is C18H34O2. The molecule has 0 heterocycles. The Labute approximate surface area is 125 Å². The number of hydrogen-bond donors (Lipinski definition) is 1. The molecular weight excluding hydrogens is 248 g/mol. The van der Waals surface area contributed by atoms with Crippen LogP contribution in [0.25, 0.3) is 0 Å². The Morgan fingerprint density at radius 1 is 1.15 bits per heavy atom. The summed E-state index contributed by atoms with van der Waals surface area (Å²) in [5.74, 6) is 2.35. The fourth-order valence-electron chi connectivity index (χ4n) is 4.19. The third-order valence-electron chi connectivity index (χ3n) is 5.51. The topological polar surface area (TPSA) is 37.3 Å². The maximum absolute atomic E-state index is 11.4. The van der Waals surface area contributed by atoms with Crippen molar-refractivity contribution in [1.29, 1.82) is 0 Å². The third kappa shape index (κ3) is 4.79. The molecule has 4 atom stereocenters. The van der Waals surface area contributed by atoms with Crippen molar-refractivity contribution in [1.82, 2.24) is 0 Å². The van der Waals surface area contributed by atoms with Crippen LogP contribution in [0.4, 0.5) is 0 Å². The van der Waals surface area contributed by atoms with Gasteiger partial charge in [0.2, 0.25) is 0 Å². The van der Waals surface area contributed by atoms with E-state index >= 15 is 0 Å². The standard InChI is InChI=1S/C18H34O2/c1-6-15(12(2)3)9-7-14-8-10-16(11-14)17(13(4)5)18(19)20/h12-17H,6-11H2,1-5H3,(H,19,20). The predicted molar refractivity (Wildman–Crippen MR) is 84.6 cm³/mol. The van der Waals surface area contributed by atoms with Crippen LogP contribution in [0.1, 0.15) is 73.1 Å².